The van der Waals surface area contributed by atoms with Crippen molar-refractivity contribution in [1.29, 1.82) is 0 Å². The highest BCUT2D eigenvalue weighted by molar-refractivity contribution is 6.08. The standard InChI is InChI=1S/C22H19N3O2/c26-21(19-10-4-5-13-23-19)24-18-12-11-16-9-6-14-25(20(16)15-18)22(27)17-7-2-1-3-8-17/h1-5,7-8,10-13,15H,6,9,14H2,(H,24,26). The number of nitrogens with zero attached hydrogens (tertiary/aromatic N) is 2. The summed E-state index contributed by atoms with van der Waals surface area (Å²) in [5, 5.41) is 2.87. The highest BCUT2D eigenvalue weighted by Crippen LogP contribution is 2.31. The summed E-state index contributed by atoms with van der Waals surface area (Å²) in [5.74, 6) is -0.294. The third kappa shape index (κ3) is 3.58. The minimum absolute atomic E-state index is 0.0234. The third-order valence-corrected chi connectivity index (χ3v) is 4.63. The molecular formula is C22H19N3O2. The number of hydrogen-bond acceptors (Lipinski definition) is 3. The van der Waals surface area contributed by atoms with E-state index in [0.29, 0.717) is 23.5 Å². The highest BCUT2D eigenvalue weighted by atomic mass is 16.2. The molecule has 27 heavy (non-hydrogen) atoms. The number of carbonyl (C=O) groups excluding carboxylic acids is 2. The highest BCUT2D eigenvalue weighted by Gasteiger charge is 2.24. The van der Waals surface area contributed by atoms with Crippen molar-refractivity contribution in [1.82, 2.24) is 4.98 Å². The first-order valence-electron chi connectivity index (χ1n) is 8.94. The Kier molecular flexibility index (Phi) is 4.66. The SMILES string of the molecule is O=C(Nc1ccc2c(c1)N(C(=O)c1ccccc1)CCC2)c1ccccn1. The number of pyridine rings is 1. The van der Waals surface area contributed by atoms with Crippen molar-refractivity contribution in [3.63, 3.8) is 0 Å². The average molecular weight is 357 g/mol. The molecule has 5 heteroatoms. The zero-order valence-corrected chi connectivity index (χ0v) is 14.8. The zero-order valence-electron chi connectivity index (χ0n) is 14.8. The van der Waals surface area contributed by atoms with Crippen molar-refractivity contribution in [2.24, 2.45) is 0 Å². The maximum absolute atomic E-state index is 12.9. The number of carbonyl (C=O) groups is 2. The van der Waals surface area contributed by atoms with E-state index in [2.05, 4.69) is 10.3 Å². The number of nitrogens with one attached hydrogen (secondary N) is 1. The summed E-state index contributed by atoms with van der Waals surface area (Å²) < 4.78 is 0. The molecule has 2 aromatic carbocycles. The van der Waals surface area contributed by atoms with E-state index in [4.69, 9.17) is 0 Å². The van der Waals surface area contributed by atoms with Crippen LogP contribution < -0.4 is 10.2 Å². The van der Waals surface area contributed by atoms with Crippen molar-refractivity contribution in [3.8, 4) is 0 Å². The molecule has 5 nitrogen and oxygen atoms in total. The van der Waals surface area contributed by atoms with E-state index >= 15 is 0 Å². The van der Waals surface area contributed by atoms with Gasteiger partial charge in [0.1, 0.15) is 5.69 Å². The van der Waals surface area contributed by atoms with E-state index in [1.807, 2.05) is 48.5 Å². The first-order valence-corrected chi connectivity index (χ1v) is 8.94. The van der Waals surface area contributed by atoms with Crippen LogP contribution in [0.5, 0.6) is 0 Å². The summed E-state index contributed by atoms with van der Waals surface area (Å²) >= 11 is 0. The molecule has 2 heterocycles. The van der Waals surface area contributed by atoms with E-state index < -0.39 is 0 Å². The largest absolute Gasteiger partial charge is 0.321 e. The number of aromatic nitrogens is 1. The van der Waals surface area contributed by atoms with E-state index in [-0.39, 0.29) is 11.8 Å². The van der Waals surface area contributed by atoms with Crippen LogP contribution in [0.4, 0.5) is 11.4 Å². The van der Waals surface area contributed by atoms with Crippen LogP contribution >= 0.6 is 0 Å². The van der Waals surface area contributed by atoms with E-state index in [0.717, 1.165) is 24.1 Å². The molecule has 0 atom stereocenters. The topological polar surface area (TPSA) is 62.3 Å². The molecule has 0 bridgehead atoms. The zero-order chi connectivity index (χ0) is 18.6. The molecule has 134 valence electrons. The fraction of sp³-hybridized carbons (Fsp3) is 0.136. The molecule has 0 aliphatic carbocycles. The van der Waals surface area contributed by atoms with Crippen LogP contribution in [0.25, 0.3) is 0 Å². The second-order valence-corrected chi connectivity index (χ2v) is 6.44. The number of rotatable bonds is 3. The molecule has 0 fully saturated rings. The Balaban J connectivity index is 1.61. The van der Waals surface area contributed by atoms with Crippen LogP contribution in [0.15, 0.2) is 72.9 Å². The molecule has 0 radical (unpaired) electrons. The van der Waals surface area contributed by atoms with Gasteiger partial charge in [0.05, 0.1) is 0 Å². The smallest absolute Gasteiger partial charge is 0.274 e. The molecule has 0 spiro atoms. The molecule has 1 aromatic heterocycles. The second-order valence-electron chi connectivity index (χ2n) is 6.44. The molecule has 1 aliphatic rings. The number of fused-ring (bicyclic) bond motifs is 1. The van der Waals surface area contributed by atoms with E-state index in [9.17, 15) is 9.59 Å². The van der Waals surface area contributed by atoms with Crippen molar-refractivity contribution < 1.29 is 9.59 Å². The summed E-state index contributed by atoms with van der Waals surface area (Å²) in [5.41, 5.74) is 3.63. The molecule has 0 saturated carbocycles. The van der Waals surface area contributed by atoms with Gasteiger partial charge < -0.3 is 10.2 Å². The number of hydrogen-bond donors (Lipinski definition) is 1. The molecule has 4 rings (SSSR count). The summed E-state index contributed by atoms with van der Waals surface area (Å²) in [4.78, 5) is 31.2. The monoisotopic (exact) mass is 357 g/mol. The van der Waals surface area contributed by atoms with Gasteiger partial charge in [-0.05, 0) is 54.8 Å². The Morgan fingerprint density at radius 1 is 0.963 bits per heavy atom. The molecule has 1 aliphatic heterocycles. The number of anilines is 2. The predicted octanol–water partition coefficient (Wildman–Crippen LogP) is 3.93. The lowest BCUT2D eigenvalue weighted by Crippen LogP contribution is -2.35. The van der Waals surface area contributed by atoms with Gasteiger partial charge in [0.25, 0.3) is 11.8 Å². The molecule has 3 aromatic rings. The molecular weight excluding hydrogens is 338 g/mol. The van der Waals surface area contributed by atoms with Gasteiger partial charge in [0, 0.05) is 29.7 Å². The first-order chi connectivity index (χ1) is 13.2. The van der Waals surface area contributed by atoms with Gasteiger partial charge in [0.15, 0.2) is 0 Å². The Labute approximate surface area is 157 Å². The third-order valence-electron chi connectivity index (χ3n) is 4.63. The second kappa shape index (κ2) is 7.41. The Bertz CT molecular complexity index is 971. The lowest BCUT2D eigenvalue weighted by Gasteiger charge is -2.30. The van der Waals surface area contributed by atoms with Gasteiger partial charge >= 0.3 is 0 Å². The van der Waals surface area contributed by atoms with Crippen LogP contribution in [-0.2, 0) is 6.42 Å². The van der Waals surface area contributed by atoms with Crippen molar-refractivity contribution >= 4 is 23.2 Å². The summed E-state index contributed by atoms with van der Waals surface area (Å²) in [6.45, 7) is 0.665. The Morgan fingerprint density at radius 3 is 2.56 bits per heavy atom. The molecule has 1 N–H and O–H groups in total. The lowest BCUT2D eigenvalue weighted by atomic mass is 10.00. The minimum atomic E-state index is -0.271. The van der Waals surface area contributed by atoms with E-state index in [1.165, 1.54) is 0 Å². The van der Waals surface area contributed by atoms with Gasteiger partial charge in [-0.2, -0.15) is 0 Å². The fourth-order valence-corrected chi connectivity index (χ4v) is 3.29. The normalized spacial score (nSPS) is 13.0. The van der Waals surface area contributed by atoms with E-state index in [1.54, 1.807) is 29.3 Å². The minimum Gasteiger partial charge on any atom is -0.321 e. The van der Waals surface area contributed by atoms with Crippen molar-refractivity contribution in [2.45, 2.75) is 12.8 Å². The average Bonchev–Trinajstić information content (AvgIpc) is 2.74. The molecule has 0 saturated heterocycles. The van der Waals surface area contributed by atoms with Gasteiger partial charge in [0.2, 0.25) is 0 Å². The van der Waals surface area contributed by atoms with Gasteiger partial charge in [-0.1, -0.05) is 30.3 Å². The van der Waals surface area contributed by atoms with Gasteiger partial charge in [-0.15, -0.1) is 0 Å². The van der Waals surface area contributed by atoms with Gasteiger partial charge in [-0.25, -0.2) is 0 Å². The Hall–Kier alpha value is -3.47. The van der Waals surface area contributed by atoms with Gasteiger partial charge in [-0.3, -0.25) is 14.6 Å². The fourth-order valence-electron chi connectivity index (χ4n) is 3.29. The quantitative estimate of drug-likeness (QED) is 0.773. The van der Waals surface area contributed by atoms with Crippen LogP contribution in [0.3, 0.4) is 0 Å². The lowest BCUT2D eigenvalue weighted by molar-refractivity contribution is 0.0984. The van der Waals surface area contributed by atoms with Crippen LogP contribution in [0.2, 0.25) is 0 Å². The number of amides is 2. The summed E-state index contributed by atoms with van der Waals surface area (Å²) in [6, 6.07) is 20.2. The number of benzene rings is 2. The van der Waals surface area contributed by atoms with Crippen LogP contribution in [0, 0.1) is 0 Å². The van der Waals surface area contributed by atoms with Crippen LogP contribution in [0.1, 0.15) is 32.8 Å². The van der Waals surface area contributed by atoms with Crippen molar-refractivity contribution in [2.75, 3.05) is 16.8 Å². The number of aryl methyl sites for hydroxylation is 1. The molecule has 2 amide bonds. The Morgan fingerprint density at radius 2 is 1.78 bits per heavy atom. The summed E-state index contributed by atoms with van der Waals surface area (Å²) in [7, 11) is 0. The maximum atomic E-state index is 12.9. The van der Waals surface area contributed by atoms with Crippen molar-refractivity contribution in [3.05, 3.63) is 89.7 Å². The molecule has 0 unspecified atom stereocenters. The maximum Gasteiger partial charge on any atom is 0.274 e. The first kappa shape index (κ1) is 17.0. The summed E-state index contributed by atoms with van der Waals surface area (Å²) in [6.07, 6.45) is 3.43. The predicted molar refractivity (Wildman–Crippen MR) is 105 cm³/mol. The van der Waals surface area contributed by atoms with Crippen LogP contribution in [-0.4, -0.2) is 23.3 Å².